The average Bonchev–Trinajstić information content (AvgIpc) is 3.60. The number of nitrogens with zero attached hydrogens (tertiary/aromatic N) is 3. The Bertz CT molecular complexity index is 1910. The van der Waals surface area contributed by atoms with Gasteiger partial charge < -0.3 is 23.6 Å². The highest BCUT2D eigenvalue weighted by atomic mass is 35.5. The highest BCUT2D eigenvalue weighted by Crippen LogP contribution is 2.34. The molecule has 214 valence electrons. The summed E-state index contributed by atoms with van der Waals surface area (Å²) in [6.45, 7) is -0.781. The number of ether oxygens (including phenoxy) is 2. The Balaban J connectivity index is 1.08. The zero-order valence-corrected chi connectivity index (χ0v) is 23.5. The lowest BCUT2D eigenvalue weighted by Crippen LogP contribution is -2.32. The maximum absolute atomic E-state index is 11.6. The Labute approximate surface area is 250 Å². The number of fused-ring (bicyclic) bond motifs is 2. The minimum absolute atomic E-state index is 0.119. The molecular formula is C33H30ClN3O5. The van der Waals surface area contributed by atoms with Gasteiger partial charge in [0.25, 0.3) is 0 Å². The van der Waals surface area contributed by atoms with E-state index in [4.69, 9.17) is 33.2 Å². The van der Waals surface area contributed by atoms with Gasteiger partial charge in [-0.2, -0.15) is 0 Å². The molecule has 1 saturated heterocycles. The average molecular weight is 586 g/mol. The van der Waals surface area contributed by atoms with E-state index in [-0.39, 0.29) is 23.1 Å². The van der Waals surface area contributed by atoms with Crippen LogP contribution in [0.4, 0.5) is 0 Å². The predicted molar refractivity (Wildman–Crippen MR) is 160 cm³/mol. The molecule has 2 atom stereocenters. The normalized spacial score (nSPS) is 19.7. The van der Waals surface area contributed by atoms with Crippen molar-refractivity contribution in [3.05, 3.63) is 94.6 Å². The van der Waals surface area contributed by atoms with Crippen LogP contribution >= 0.6 is 11.6 Å². The summed E-state index contributed by atoms with van der Waals surface area (Å²) in [5, 5.41) is 10.6. The molecule has 0 spiro atoms. The summed E-state index contributed by atoms with van der Waals surface area (Å²) in [5.74, 6) is 0.538. The second-order valence-electron chi connectivity index (χ2n) is 10.8. The molecule has 0 amide bonds. The van der Waals surface area contributed by atoms with Crippen LogP contribution in [0, 0.1) is 5.92 Å². The first-order valence-corrected chi connectivity index (χ1v) is 14.5. The summed E-state index contributed by atoms with van der Waals surface area (Å²) in [4.78, 5) is 21.2. The van der Waals surface area contributed by atoms with Crippen LogP contribution in [0.25, 0.3) is 27.6 Å². The van der Waals surface area contributed by atoms with Crippen molar-refractivity contribution in [2.75, 3.05) is 6.61 Å². The predicted octanol–water partition coefficient (Wildman–Crippen LogP) is 7.32. The largest absolute Gasteiger partial charge is 0.478 e. The van der Waals surface area contributed by atoms with Crippen LogP contribution in [0.3, 0.4) is 0 Å². The van der Waals surface area contributed by atoms with Crippen LogP contribution < -0.4 is 4.74 Å². The summed E-state index contributed by atoms with van der Waals surface area (Å²) in [7, 11) is 0. The highest BCUT2D eigenvalue weighted by molar-refractivity contribution is 6.35. The second kappa shape index (κ2) is 11.3. The van der Waals surface area contributed by atoms with E-state index >= 15 is 0 Å². The highest BCUT2D eigenvalue weighted by Gasteiger charge is 2.25. The van der Waals surface area contributed by atoms with Gasteiger partial charge in [0.2, 0.25) is 5.88 Å². The molecule has 1 unspecified atom stereocenters. The van der Waals surface area contributed by atoms with Crippen LogP contribution in [-0.2, 0) is 24.3 Å². The van der Waals surface area contributed by atoms with E-state index < -0.39 is 12.5 Å². The first-order chi connectivity index (χ1) is 21.2. The minimum Gasteiger partial charge on any atom is -0.478 e. The molecule has 5 aromatic rings. The number of hydrogen-bond donors (Lipinski definition) is 1. The van der Waals surface area contributed by atoms with Gasteiger partial charge in [-0.15, -0.1) is 0 Å². The van der Waals surface area contributed by atoms with Gasteiger partial charge in [0.15, 0.2) is 0 Å². The first kappa shape index (κ1) is 24.5. The lowest BCUT2D eigenvalue weighted by Gasteiger charge is -2.28. The number of aromatic nitrogens is 3. The Morgan fingerprint density at radius 1 is 1.17 bits per heavy atom. The lowest BCUT2D eigenvalue weighted by atomic mass is 9.86. The maximum atomic E-state index is 11.6. The molecule has 42 heavy (non-hydrogen) atoms. The molecule has 2 aliphatic rings. The molecule has 0 saturated carbocycles. The number of carbonyl (C=O) groups is 1. The van der Waals surface area contributed by atoms with E-state index in [0.29, 0.717) is 28.5 Å². The third kappa shape index (κ3) is 5.28. The number of benzene rings is 2. The van der Waals surface area contributed by atoms with Gasteiger partial charge in [0, 0.05) is 30.0 Å². The molecule has 4 heterocycles. The zero-order valence-electron chi connectivity index (χ0n) is 24.8. The topological polar surface area (TPSA) is 99.6 Å². The third-order valence-electron chi connectivity index (χ3n) is 8.13. The molecular weight excluding hydrogens is 554 g/mol. The number of allylic oxidation sites excluding steroid dienone is 2. The number of aromatic carboxylic acids is 1. The minimum atomic E-state index is -2.19. The Kier molecular flexibility index (Phi) is 6.56. The fourth-order valence-corrected chi connectivity index (χ4v) is 5.94. The Hall–Kier alpha value is -4.14. The third-order valence-corrected chi connectivity index (χ3v) is 8.46. The summed E-state index contributed by atoms with van der Waals surface area (Å²) in [6, 6.07) is 15.4. The lowest BCUT2D eigenvalue weighted by molar-refractivity contribution is -0.0590. The number of hydrogen-bond acceptors (Lipinski definition) is 6. The van der Waals surface area contributed by atoms with Crippen molar-refractivity contribution >= 4 is 45.1 Å². The molecule has 7 rings (SSSR count). The van der Waals surface area contributed by atoms with E-state index in [9.17, 15) is 9.90 Å². The monoisotopic (exact) mass is 585 g/mol. The maximum Gasteiger partial charge on any atom is 0.335 e. The molecule has 0 bridgehead atoms. The van der Waals surface area contributed by atoms with Crippen LogP contribution in [0.15, 0.2) is 71.4 Å². The van der Waals surface area contributed by atoms with E-state index in [1.54, 1.807) is 42.5 Å². The summed E-state index contributed by atoms with van der Waals surface area (Å²) >= 11 is 6.24. The molecule has 3 aromatic heterocycles. The van der Waals surface area contributed by atoms with Crippen LogP contribution in [0.1, 0.15) is 55.9 Å². The SMILES string of the molecule is [2H]C([2H])(Oc1cccc(C2=CCC(Cc3nc4ccc(C(=O)O)cc4n3C[C@@H]3CCO3)CC2)n1)c1ccc(Cl)c2ccoc12. The van der Waals surface area contributed by atoms with E-state index in [0.717, 1.165) is 66.8 Å². The van der Waals surface area contributed by atoms with E-state index in [1.165, 1.54) is 6.26 Å². The Morgan fingerprint density at radius 3 is 2.86 bits per heavy atom. The standard InChI is InChI=1S/C33H30ClN3O5/c34-26-10-8-23(32-25(26)13-15-41-32)19-42-31-3-1-2-27(36-31)21-6-4-20(5-7-21)16-30-35-28-11-9-22(33(38)39)17-29(28)37(30)18-24-12-14-40-24/h1-3,6,8-11,13,15,17,20,24H,4-5,7,12,14,16,18-19H2,(H,38,39)/t20?,24-/m0/s1/i19D2. The van der Waals surface area contributed by atoms with Gasteiger partial charge in [-0.05, 0) is 73.6 Å². The zero-order chi connectivity index (χ0) is 30.4. The Morgan fingerprint density at radius 2 is 2.07 bits per heavy atom. The van der Waals surface area contributed by atoms with Gasteiger partial charge in [-0.1, -0.05) is 29.8 Å². The quantitative estimate of drug-likeness (QED) is 0.193. The van der Waals surface area contributed by atoms with Crippen molar-refractivity contribution in [3.8, 4) is 5.88 Å². The molecule has 1 N–H and O–H groups in total. The van der Waals surface area contributed by atoms with Crippen molar-refractivity contribution in [1.29, 1.82) is 0 Å². The molecule has 1 fully saturated rings. The van der Waals surface area contributed by atoms with Gasteiger partial charge in [-0.25, -0.2) is 14.8 Å². The smallest absolute Gasteiger partial charge is 0.335 e. The van der Waals surface area contributed by atoms with Crippen molar-refractivity contribution in [1.82, 2.24) is 14.5 Å². The number of halogens is 1. The van der Waals surface area contributed by atoms with Gasteiger partial charge >= 0.3 is 5.97 Å². The molecule has 9 heteroatoms. The molecule has 2 aromatic carbocycles. The first-order valence-electron chi connectivity index (χ1n) is 15.1. The van der Waals surface area contributed by atoms with Crippen LogP contribution in [-0.4, -0.2) is 38.3 Å². The fraction of sp³-hybridized carbons (Fsp3) is 0.303. The molecule has 8 nitrogen and oxygen atoms in total. The number of carboxylic acids is 1. The molecule has 0 radical (unpaired) electrons. The second-order valence-corrected chi connectivity index (χ2v) is 11.2. The number of pyridine rings is 1. The van der Waals surface area contributed by atoms with Gasteiger partial charge in [0.1, 0.15) is 18.0 Å². The van der Waals surface area contributed by atoms with E-state index in [1.807, 2.05) is 12.1 Å². The van der Waals surface area contributed by atoms with Gasteiger partial charge in [-0.3, -0.25) is 0 Å². The van der Waals surface area contributed by atoms with Gasteiger partial charge in [0.05, 0.1) is 49.0 Å². The number of imidazole rings is 1. The van der Waals surface area contributed by atoms with E-state index in [2.05, 4.69) is 15.6 Å². The van der Waals surface area contributed by atoms with Crippen molar-refractivity contribution in [2.45, 2.75) is 51.3 Å². The number of rotatable bonds is 9. The van der Waals surface area contributed by atoms with Crippen molar-refractivity contribution in [3.63, 3.8) is 0 Å². The van der Waals surface area contributed by atoms with Crippen LogP contribution in [0.5, 0.6) is 5.88 Å². The summed E-state index contributed by atoms with van der Waals surface area (Å²) < 4.78 is 36.4. The van der Waals surface area contributed by atoms with Crippen molar-refractivity contribution < 1.29 is 26.5 Å². The molecule has 1 aliphatic carbocycles. The summed E-state index contributed by atoms with van der Waals surface area (Å²) in [6.07, 6.45) is 8.14. The number of carboxylic acid groups (broad SMARTS) is 1. The number of furan rings is 1. The van der Waals surface area contributed by atoms with Crippen molar-refractivity contribution in [2.24, 2.45) is 5.92 Å². The fourth-order valence-electron chi connectivity index (χ4n) is 5.73. The van der Waals surface area contributed by atoms with Crippen LogP contribution in [0.2, 0.25) is 5.02 Å². The molecule has 1 aliphatic heterocycles. The summed E-state index contributed by atoms with van der Waals surface area (Å²) in [5.41, 5.74) is 4.30.